The quantitative estimate of drug-likeness (QED) is 0.616. The molecule has 0 unspecified atom stereocenters. The van der Waals surface area contributed by atoms with E-state index in [2.05, 4.69) is 15.3 Å². The van der Waals surface area contributed by atoms with Gasteiger partial charge in [0.2, 0.25) is 0 Å². The maximum Gasteiger partial charge on any atom is 0.337 e. The van der Waals surface area contributed by atoms with E-state index >= 15 is 0 Å². The zero-order chi connectivity index (χ0) is 19.6. The van der Waals surface area contributed by atoms with Crippen LogP contribution in [0.4, 0.5) is 5.69 Å². The van der Waals surface area contributed by atoms with Crippen LogP contribution in [0.5, 0.6) is 0 Å². The van der Waals surface area contributed by atoms with Crippen molar-refractivity contribution in [1.29, 1.82) is 0 Å². The van der Waals surface area contributed by atoms with Crippen LogP contribution >= 0.6 is 23.2 Å². The van der Waals surface area contributed by atoms with E-state index in [1.807, 2.05) is 0 Å². The molecule has 0 saturated carbocycles. The molecule has 0 aliphatic heterocycles. The number of esters is 1. The minimum atomic E-state index is -0.431. The van der Waals surface area contributed by atoms with E-state index in [0.717, 1.165) is 5.56 Å². The van der Waals surface area contributed by atoms with Crippen molar-refractivity contribution in [2.75, 3.05) is 12.4 Å². The third-order valence-corrected chi connectivity index (χ3v) is 4.85. The molecule has 0 radical (unpaired) electrons. The van der Waals surface area contributed by atoms with Crippen molar-refractivity contribution in [2.24, 2.45) is 0 Å². The Morgan fingerprint density at radius 2 is 1.81 bits per heavy atom. The van der Waals surface area contributed by atoms with Crippen LogP contribution in [0.1, 0.15) is 26.5 Å². The van der Waals surface area contributed by atoms with E-state index < -0.39 is 11.9 Å². The number of halogens is 2. The number of amides is 1. The van der Waals surface area contributed by atoms with Crippen molar-refractivity contribution in [3.8, 4) is 11.3 Å². The van der Waals surface area contributed by atoms with Crippen molar-refractivity contribution < 1.29 is 14.3 Å². The molecule has 2 N–H and O–H groups in total. The van der Waals surface area contributed by atoms with Crippen LogP contribution in [-0.4, -0.2) is 29.0 Å². The van der Waals surface area contributed by atoms with Crippen molar-refractivity contribution in [3.63, 3.8) is 0 Å². The molecule has 2 aromatic heterocycles. The molecule has 3 aromatic rings. The number of pyridine rings is 1. The van der Waals surface area contributed by atoms with Gasteiger partial charge < -0.3 is 15.0 Å². The Balaban J connectivity index is 1.78. The number of ether oxygens (including phenoxy) is 1. The highest BCUT2D eigenvalue weighted by Crippen LogP contribution is 2.29. The van der Waals surface area contributed by atoms with Gasteiger partial charge in [-0.05, 0) is 31.2 Å². The van der Waals surface area contributed by atoms with Gasteiger partial charge >= 0.3 is 5.97 Å². The monoisotopic (exact) mass is 403 g/mol. The van der Waals surface area contributed by atoms with E-state index in [9.17, 15) is 9.59 Å². The Morgan fingerprint density at radius 3 is 2.41 bits per heavy atom. The molecular weight excluding hydrogens is 389 g/mol. The normalized spacial score (nSPS) is 10.5. The van der Waals surface area contributed by atoms with Gasteiger partial charge in [-0.25, -0.2) is 4.79 Å². The number of carbonyl (C=O) groups is 2. The van der Waals surface area contributed by atoms with Gasteiger partial charge in [-0.15, -0.1) is 0 Å². The molecule has 1 aromatic carbocycles. The molecule has 6 nitrogen and oxygen atoms in total. The minimum absolute atomic E-state index is 0.187. The highest BCUT2D eigenvalue weighted by Gasteiger charge is 2.18. The molecule has 0 aliphatic rings. The maximum absolute atomic E-state index is 12.4. The average Bonchev–Trinajstić information content (AvgIpc) is 2.95. The van der Waals surface area contributed by atoms with E-state index in [1.165, 1.54) is 13.3 Å². The Morgan fingerprint density at radius 1 is 1.11 bits per heavy atom. The predicted molar refractivity (Wildman–Crippen MR) is 105 cm³/mol. The van der Waals surface area contributed by atoms with E-state index in [4.69, 9.17) is 27.9 Å². The van der Waals surface area contributed by atoms with Crippen LogP contribution in [0.15, 0.2) is 42.6 Å². The summed E-state index contributed by atoms with van der Waals surface area (Å²) in [5.74, 6) is -0.826. The first-order valence-electron chi connectivity index (χ1n) is 7.90. The molecule has 0 aliphatic carbocycles. The third-order valence-electron chi connectivity index (χ3n) is 3.90. The van der Waals surface area contributed by atoms with E-state index in [-0.39, 0.29) is 10.7 Å². The number of rotatable bonds is 4. The van der Waals surface area contributed by atoms with Gasteiger partial charge in [0.25, 0.3) is 5.91 Å². The number of methoxy groups -OCH3 is 1. The third kappa shape index (κ3) is 3.97. The fourth-order valence-corrected chi connectivity index (χ4v) is 2.90. The second-order valence-electron chi connectivity index (χ2n) is 5.71. The van der Waals surface area contributed by atoms with Crippen LogP contribution in [0, 0.1) is 6.92 Å². The number of aryl methyl sites for hydroxylation is 1. The lowest BCUT2D eigenvalue weighted by atomic mass is 10.1. The van der Waals surface area contributed by atoms with Crippen molar-refractivity contribution in [1.82, 2.24) is 9.97 Å². The first-order chi connectivity index (χ1) is 12.9. The summed E-state index contributed by atoms with van der Waals surface area (Å²) in [5.41, 5.74) is 3.22. The number of aromatic nitrogens is 2. The standard InChI is InChI=1S/C19H15Cl2N3O3/c1-10-15(20)16(21)17(23-10)18(25)24-13-5-3-11(4-6-13)14-9-12(7-8-22-14)19(26)27-2/h3-9,23H,1-2H3,(H,24,25). The second kappa shape index (κ2) is 7.82. The molecule has 2 heterocycles. The lowest BCUT2D eigenvalue weighted by molar-refractivity contribution is 0.0600. The molecule has 0 bridgehead atoms. The number of anilines is 1. The van der Waals surface area contributed by atoms with Crippen LogP contribution in [0.25, 0.3) is 11.3 Å². The Hall–Kier alpha value is -2.83. The summed E-state index contributed by atoms with van der Waals surface area (Å²) in [4.78, 5) is 31.1. The van der Waals surface area contributed by atoms with Crippen LogP contribution in [-0.2, 0) is 4.74 Å². The molecule has 27 heavy (non-hydrogen) atoms. The number of hydrogen-bond acceptors (Lipinski definition) is 4. The predicted octanol–water partition coefficient (Wildman–Crippen LogP) is 4.73. The Labute approximate surface area is 165 Å². The smallest absolute Gasteiger partial charge is 0.337 e. The Kier molecular flexibility index (Phi) is 5.48. The summed E-state index contributed by atoms with van der Waals surface area (Å²) in [7, 11) is 1.32. The fraction of sp³-hybridized carbons (Fsp3) is 0.105. The number of nitrogens with zero attached hydrogens (tertiary/aromatic N) is 1. The lowest BCUT2D eigenvalue weighted by Gasteiger charge is -2.07. The summed E-state index contributed by atoms with van der Waals surface area (Å²) in [6.07, 6.45) is 1.54. The highest BCUT2D eigenvalue weighted by atomic mass is 35.5. The minimum Gasteiger partial charge on any atom is -0.465 e. The largest absolute Gasteiger partial charge is 0.465 e. The molecule has 3 rings (SSSR count). The number of H-pyrrole nitrogens is 1. The van der Waals surface area contributed by atoms with Gasteiger partial charge in [-0.1, -0.05) is 35.3 Å². The summed E-state index contributed by atoms with van der Waals surface area (Å²) in [6.45, 7) is 1.73. The lowest BCUT2D eigenvalue weighted by Crippen LogP contribution is -2.12. The van der Waals surface area contributed by atoms with Gasteiger partial charge in [0.15, 0.2) is 0 Å². The summed E-state index contributed by atoms with van der Waals surface area (Å²) in [5, 5.41) is 3.26. The average molecular weight is 404 g/mol. The number of carbonyl (C=O) groups excluding carboxylic acids is 2. The highest BCUT2D eigenvalue weighted by molar-refractivity contribution is 6.44. The number of benzene rings is 1. The van der Waals surface area contributed by atoms with Crippen molar-refractivity contribution >= 4 is 40.8 Å². The van der Waals surface area contributed by atoms with Crippen molar-refractivity contribution in [3.05, 3.63) is 69.6 Å². The van der Waals surface area contributed by atoms with Gasteiger partial charge in [0.05, 0.1) is 28.4 Å². The zero-order valence-electron chi connectivity index (χ0n) is 14.5. The second-order valence-corrected chi connectivity index (χ2v) is 6.46. The molecule has 8 heteroatoms. The molecular formula is C19H15Cl2N3O3. The number of aromatic amines is 1. The fourth-order valence-electron chi connectivity index (χ4n) is 2.48. The molecule has 0 atom stereocenters. The van der Waals surface area contributed by atoms with E-state index in [1.54, 1.807) is 43.3 Å². The van der Waals surface area contributed by atoms with Gasteiger partial charge in [0.1, 0.15) is 5.69 Å². The maximum atomic E-state index is 12.4. The van der Waals surface area contributed by atoms with E-state index in [0.29, 0.717) is 27.7 Å². The SMILES string of the molecule is COC(=O)c1ccnc(-c2ccc(NC(=O)c3[nH]c(C)c(Cl)c3Cl)cc2)c1. The molecule has 138 valence electrons. The summed E-state index contributed by atoms with van der Waals surface area (Å²) >= 11 is 12.1. The van der Waals surface area contributed by atoms with Crippen LogP contribution in [0.2, 0.25) is 10.0 Å². The first-order valence-corrected chi connectivity index (χ1v) is 8.66. The van der Waals surface area contributed by atoms with Gasteiger partial charge in [-0.2, -0.15) is 0 Å². The summed E-state index contributed by atoms with van der Waals surface area (Å²) in [6, 6.07) is 10.2. The first kappa shape index (κ1) is 18.9. The van der Waals surface area contributed by atoms with Crippen LogP contribution < -0.4 is 5.32 Å². The topological polar surface area (TPSA) is 84.1 Å². The zero-order valence-corrected chi connectivity index (χ0v) is 16.0. The molecule has 1 amide bonds. The van der Waals surface area contributed by atoms with Gasteiger partial charge in [-0.3, -0.25) is 9.78 Å². The Bertz CT molecular complexity index is 1010. The van der Waals surface area contributed by atoms with Gasteiger partial charge in [0, 0.05) is 23.1 Å². The number of hydrogen-bond donors (Lipinski definition) is 2. The van der Waals surface area contributed by atoms with Crippen LogP contribution in [0.3, 0.4) is 0 Å². The summed E-state index contributed by atoms with van der Waals surface area (Å²) < 4.78 is 4.71. The molecule has 0 saturated heterocycles. The molecule has 0 spiro atoms. The molecule has 0 fully saturated rings. The van der Waals surface area contributed by atoms with Crippen molar-refractivity contribution in [2.45, 2.75) is 6.92 Å². The number of nitrogens with one attached hydrogen (secondary N) is 2.